The molecule has 198 valence electrons. The molecule has 0 unspecified atom stereocenters. The quantitative estimate of drug-likeness (QED) is 0.295. The number of nitrogens with zero attached hydrogens (tertiary/aromatic N) is 4. The van der Waals surface area contributed by atoms with Gasteiger partial charge in [-0.25, -0.2) is 4.68 Å². The molecule has 2 aromatic heterocycles. The number of Topliss-reactive ketones (excluding diaryl/α,β-unsaturated/α-hetero) is 1. The number of aryl methyl sites for hydroxylation is 1. The summed E-state index contributed by atoms with van der Waals surface area (Å²) in [6.45, 7) is 13.0. The Morgan fingerprint density at radius 3 is 2.39 bits per heavy atom. The highest BCUT2D eigenvalue weighted by Gasteiger charge is 2.20. The second kappa shape index (κ2) is 12.4. The van der Waals surface area contributed by atoms with Crippen LogP contribution in [0.25, 0.3) is 5.65 Å². The van der Waals surface area contributed by atoms with Gasteiger partial charge in [0.2, 0.25) is 11.5 Å². The van der Waals surface area contributed by atoms with Gasteiger partial charge >= 0.3 is 0 Å². The van der Waals surface area contributed by atoms with E-state index in [1.807, 2.05) is 25.1 Å². The van der Waals surface area contributed by atoms with Gasteiger partial charge in [0, 0.05) is 24.3 Å². The monoisotopic (exact) mass is 519 g/mol. The molecule has 0 aliphatic carbocycles. The highest BCUT2D eigenvalue weighted by Crippen LogP contribution is 2.28. The molecule has 0 bridgehead atoms. The number of hydrogen-bond acceptors (Lipinski definition) is 7. The Balaban J connectivity index is 0.00000456. The molecule has 0 amide bonds. The first-order valence-electron chi connectivity index (χ1n) is 12.1. The van der Waals surface area contributed by atoms with Crippen LogP contribution in [0.15, 0.2) is 24.3 Å². The lowest BCUT2D eigenvalue weighted by atomic mass is 9.85. The molecule has 3 rings (SSSR count). The van der Waals surface area contributed by atoms with Gasteiger partial charge in [-0.05, 0) is 48.9 Å². The number of benzene rings is 1. The largest absolute Gasteiger partial charge is 0.491 e. The van der Waals surface area contributed by atoms with E-state index >= 15 is 0 Å². The maximum absolute atomic E-state index is 13.3. The van der Waals surface area contributed by atoms with Crippen molar-refractivity contribution in [2.45, 2.75) is 72.4 Å². The standard InChI is InChI=1S/C26H37N5O4.ClH/c1-8-20(9-2)35-23-12-17(3)24-29-30(25(27)31(24)28-23)16-22(32)18-13-19(26(4,5)6)15-21(14-18)34-11-10-33-7;/h12-15,20,27H,8-11,16H2,1-7H3;1H. The van der Waals surface area contributed by atoms with Crippen molar-refractivity contribution in [2.75, 3.05) is 20.3 Å². The third-order valence-electron chi connectivity index (χ3n) is 5.89. The summed E-state index contributed by atoms with van der Waals surface area (Å²) in [6, 6.07) is 7.40. The van der Waals surface area contributed by atoms with E-state index in [-0.39, 0.29) is 41.9 Å². The Kier molecular flexibility index (Phi) is 10.1. The second-order valence-electron chi connectivity index (χ2n) is 9.70. The van der Waals surface area contributed by atoms with E-state index in [0.717, 1.165) is 24.0 Å². The van der Waals surface area contributed by atoms with Gasteiger partial charge in [0.05, 0.1) is 12.7 Å². The highest BCUT2D eigenvalue weighted by atomic mass is 35.5. The number of halogens is 1. The zero-order chi connectivity index (χ0) is 25.8. The molecule has 0 fully saturated rings. The predicted octanol–water partition coefficient (Wildman–Crippen LogP) is 4.51. The molecule has 1 N–H and O–H groups in total. The van der Waals surface area contributed by atoms with Gasteiger partial charge in [0.15, 0.2) is 11.4 Å². The number of carbonyl (C=O) groups is 1. The molecule has 10 heteroatoms. The van der Waals surface area contributed by atoms with Gasteiger partial charge in [-0.15, -0.1) is 22.6 Å². The fourth-order valence-electron chi connectivity index (χ4n) is 3.67. The number of hydrogen-bond donors (Lipinski definition) is 1. The van der Waals surface area contributed by atoms with Crippen molar-refractivity contribution in [3.05, 3.63) is 46.6 Å². The zero-order valence-corrected chi connectivity index (χ0v) is 23.1. The topological polar surface area (TPSA) is 104 Å². The summed E-state index contributed by atoms with van der Waals surface area (Å²) in [5.41, 5.74) is 2.68. The van der Waals surface area contributed by atoms with E-state index in [9.17, 15) is 4.79 Å². The van der Waals surface area contributed by atoms with E-state index < -0.39 is 0 Å². The summed E-state index contributed by atoms with van der Waals surface area (Å²) in [6.07, 6.45) is 1.79. The van der Waals surface area contributed by atoms with Crippen LogP contribution in [0.2, 0.25) is 0 Å². The lowest BCUT2D eigenvalue weighted by Crippen LogP contribution is -2.27. The number of rotatable bonds is 11. The SMILES string of the molecule is CCC(CC)Oc1cc(C)c2nn(CC(=O)c3cc(OCCOC)cc(C(C)(C)C)c3)c(=N)n2n1.Cl. The predicted molar refractivity (Wildman–Crippen MR) is 141 cm³/mol. The lowest BCUT2D eigenvalue weighted by molar-refractivity contribution is 0.0964. The van der Waals surface area contributed by atoms with E-state index in [4.69, 9.17) is 19.6 Å². The van der Waals surface area contributed by atoms with Gasteiger partial charge in [0.1, 0.15) is 18.9 Å². The molecular formula is C26H38ClN5O4. The smallest absolute Gasteiger partial charge is 0.242 e. The number of methoxy groups -OCH3 is 1. The molecule has 36 heavy (non-hydrogen) atoms. The van der Waals surface area contributed by atoms with E-state index in [2.05, 4.69) is 44.8 Å². The molecule has 0 aliphatic heterocycles. The zero-order valence-electron chi connectivity index (χ0n) is 22.3. The molecule has 3 aromatic rings. The second-order valence-corrected chi connectivity index (χ2v) is 9.70. The minimum Gasteiger partial charge on any atom is -0.491 e. The third-order valence-corrected chi connectivity index (χ3v) is 5.89. The van der Waals surface area contributed by atoms with Crippen molar-refractivity contribution in [3.63, 3.8) is 0 Å². The first-order chi connectivity index (χ1) is 16.6. The molecule has 0 saturated heterocycles. The molecule has 1 aromatic carbocycles. The number of nitrogens with one attached hydrogen (secondary N) is 1. The minimum atomic E-state index is -0.168. The fourth-order valence-corrected chi connectivity index (χ4v) is 3.67. The first kappa shape index (κ1) is 29.3. The lowest BCUT2D eigenvalue weighted by Gasteiger charge is -2.21. The van der Waals surface area contributed by atoms with E-state index in [1.165, 1.54) is 9.20 Å². The average molecular weight is 520 g/mol. The average Bonchev–Trinajstić information content (AvgIpc) is 3.12. The van der Waals surface area contributed by atoms with Crippen LogP contribution in [0, 0.1) is 12.3 Å². The molecule has 0 spiro atoms. The maximum atomic E-state index is 13.3. The summed E-state index contributed by atoms with van der Waals surface area (Å²) < 4.78 is 19.6. The third kappa shape index (κ3) is 6.85. The van der Waals surface area contributed by atoms with Crippen molar-refractivity contribution in [1.82, 2.24) is 19.4 Å². The summed E-state index contributed by atoms with van der Waals surface area (Å²) >= 11 is 0. The van der Waals surface area contributed by atoms with Crippen LogP contribution in [-0.4, -0.2) is 51.6 Å². The maximum Gasteiger partial charge on any atom is 0.242 e. The normalized spacial score (nSPS) is 11.6. The Labute approximate surface area is 218 Å². The first-order valence-corrected chi connectivity index (χ1v) is 12.1. The van der Waals surface area contributed by atoms with E-state index in [0.29, 0.717) is 36.1 Å². The van der Waals surface area contributed by atoms with Gasteiger partial charge in [-0.3, -0.25) is 10.2 Å². The summed E-state index contributed by atoms with van der Waals surface area (Å²) in [4.78, 5) is 13.3. The Bertz CT molecular complexity index is 1240. The van der Waals surface area contributed by atoms with Gasteiger partial charge in [0.25, 0.3) is 0 Å². The van der Waals surface area contributed by atoms with Gasteiger partial charge in [-0.1, -0.05) is 34.6 Å². The van der Waals surface area contributed by atoms with Crippen molar-refractivity contribution >= 4 is 23.8 Å². The Hall–Kier alpha value is -2.91. The number of aromatic nitrogens is 4. The van der Waals surface area contributed by atoms with Crippen LogP contribution in [0.1, 0.15) is 68.9 Å². The molecule has 0 atom stereocenters. The van der Waals surface area contributed by atoms with Crippen LogP contribution in [0.4, 0.5) is 0 Å². The summed E-state index contributed by atoms with van der Waals surface area (Å²) in [5, 5.41) is 17.5. The molecule has 2 heterocycles. The summed E-state index contributed by atoms with van der Waals surface area (Å²) in [5.74, 6) is 0.897. The number of carbonyl (C=O) groups excluding carboxylic acids is 1. The van der Waals surface area contributed by atoms with Crippen molar-refractivity contribution in [2.24, 2.45) is 0 Å². The van der Waals surface area contributed by atoms with Crippen molar-refractivity contribution in [1.29, 1.82) is 5.41 Å². The molecular weight excluding hydrogens is 482 g/mol. The Morgan fingerprint density at radius 2 is 1.78 bits per heavy atom. The number of fused-ring (bicyclic) bond motifs is 1. The number of ether oxygens (including phenoxy) is 3. The summed E-state index contributed by atoms with van der Waals surface area (Å²) in [7, 11) is 1.62. The van der Waals surface area contributed by atoms with Crippen LogP contribution < -0.4 is 15.1 Å². The highest BCUT2D eigenvalue weighted by molar-refractivity contribution is 5.96. The number of ketones is 1. The fraction of sp³-hybridized carbons (Fsp3) is 0.538. The van der Waals surface area contributed by atoms with Crippen LogP contribution in [-0.2, 0) is 16.7 Å². The van der Waals surface area contributed by atoms with Crippen molar-refractivity contribution < 1.29 is 19.0 Å². The molecule has 0 aliphatic rings. The molecule has 9 nitrogen and oxygen atoms in total. The van der Waals surface area contributed by atoms with Gasteiger partial charge in [-0.2, -0.15) is 4.52 Å². The minimum absolute atomic E-state index is 0. The van der Waals surface area contributed by atoms with Crippen LogP contribution in [0.5, 0.6) is 11.6 Å². The van der Waals surface area contributed by atoms with Gasteiger partial charge < -0.3 is 14.2 Å². The Morgan fingerprint density at radius 1 is 1.08 bits per heavy atom. The van der Waals surface area contributed by atoms with Crippen LogP contribution >= 0.6 is 12.4 Å². The van der Waals surface area contributed by atoms with Crippen molar-refractivity contribution in [3.8, 4) is 11.6 Å². The van der Waals surface area contributed by atoms with Crippen LogP contribution in [0.3, 0.4) is 0 Å². The molecule has 0 saturated carbocycles. The van der Waals surface area contributed by atoms with E-state index in [1.54, 1.807) is 13.2 Å². The molecule has 0 radical (unpaired) electrons.